The van der Waals surface area contributed by atoms with Crippen molar-refractivity contribution in [2.24, 2.45) is 11.3 Å². The fourth-order valence-corrected chi connectivity index (χ4v) is 2.33. The largest absolute Gasteiger partial charge is 0.381 e. The molecule has 2 fully saturated rings. The van der Waals surface area contributed by atoms with E-state index in [9.17, 15) is 0 Å². The van der Waals surface area contributed by atoms with Gasteiger partial charge in [0.15, 0.2) is 0 Å². The van der Waals surface area contributed by atoms with Crippen molar-refractivity contribution in [1.82, 2.24) is 5.32 Å². The smallest absolute Gasteiger partial charge is 0.0556 e. The Kier molecular flexibility index (Phi) is 4.62. The molecule has 94 valence electrons. The monoisotopic (exact) mass is 227 g/mol. The number of hydrogen-bond donors (Lipinski definition) is 1. The Morgan fingerprint density at radius 3 is 2.94 bits per heavy atom. The predicted molar refractivity (Wildman–Crippen MR) is 64.6 cm³/mol. The summed E-state index contributed by atoms with van der Waals surface area (Å²) in [6.07, 6.45) is 5.16. The van der Waals surface area contributed by atoms with Crippen LogP contribution in [-0.4, -0.2) is 39.5 Å². The van der Waals surface area contributed by atoms with Crippen molar-refractivity contribution in [3.05, 3.63) is 0 Å². The molecule has 3 heteroatoms. The lowest BCUT2D eigenvalue weighted by Crippen LogP contribution is -2.44. The summed E-state index contributed by atoms with van der Waals surface area (Å²) >= 11 is 0. The van der Waals surface area contributed by atoms with E-state index in [1.165, 1.54) is 25.7 Å². The van der Waals surface area contributed by atoms with E-state index in [0.29, 0.717) is 0 Å². The van der Waals surface area contributed by atoms with E-state index in [0.717, 1.165) is 45.4 Å². The Bertz CT molecular complexity index is 198. The van der Waals surface area contributed by atoms with Gasteiger partial charge in [-0.25, -0.2) is 0 Å². The van der Waals surface area contributed by atoms with Gasteiger partial charge in [0.2, 0.25) is 0 Å². The molecule has 16 heavy (non-hydrogen) atoms. The van der Waals surface area contributed by atoms with Crippen molar-refractivity contribution in [1.29, 1.82) is 0 Å². The minimum absolute atomic E-state index is 0.239. The van der Waals surface area contributed by atoms with Gasteiger partial charge in [-0.1, -0.05) is 6.92 Å². The van der Waals surface area contributed by atoms with Crippen LogP contribution in [0.4, 0.5) is 0 Å². The fraction of sp³-hybridized carbons (Fsp3) is 1.00. The first-order chi connectivity index (χ1) is 7.85. The average Bonchev–Trinajstić information content (AvgIpc) is 3.12. The average molecular weight is 227 g/mol. The van der Waals surface area contributed by atoms with Crippen LogP contribution in [0.1, 0.15) is 32.6 Å². The van der Waals surface area contributed by atoms with Gasteiger partial charge in [-0.05, 0) is 38.1 Å². The molecule has 1 aliphatic carbocycles. The van der Waals surface area contributed by atoms with Crippen molar-refractivity contribution in [3.63, 3.8) is 0 Å². The Morgan fingerprint density at radius 1 is 1.44 bits per heavy atom. The lowest BCUT2D eigenvalue weighted by Gasteiger charge is -2.37. The maximum Gasteiger partial charge on any atom is 0.0556 e. The zero-order chi connectivity index (χ0) is 11.3. The second-order valence-electron chi connectivity index (χ2n) is 5.39. The van der Waals surface area contributed by atoms with Gasteiger partial charge in [-0.15, -0.1) is 0 Å². The summed E-state index contributed by atoms with van der Waals surface area (Å²) in [5.41, 5.74) is 0.239. The van der Waals surface area contributed by atoms with Crippen LogP contribution < -0.4 is 5.32 Å². The summed E-state index contributed by atoms with van der Waals surface area (Å²) in [6.45, 7) is 7.85. The van der Waals surface area contributed by atoms with Crippen molar-refractivity contribution in [2.75, 3.05) is 39.5 Å². The zero-order valence-electron chi connectivity index (χ0n) is 10.5. The fourth-order valence-electron chi connectivity index (χ4n) is 2.33. The second-order valence-corrected chi connectivity index (χ2v) is 5.39. The standard InChI is InChI=1S/C13H25NO2/c1-2-14-9-13(6-3-7-15-10-13)11-16-8-12-4-5-12/h12,14H,2-11H2,1H3. The van der Waals surface area contributed by atoms with E-state index < -0.39 is 0 Å². The molecule has 0 bridgehead atoms. The van der Waals surface area contributed by atoms with E-state index in [-0.39, 0.29) is 5.41 Å². The molecule has 0 radical (unpaired) electrons. The first-order valence-electron chi connectivity index (χ1n) is 6.71. The number of nitrogens with one attached hydrogen (secondary N) is 1. The Morgan fingerprint density at radius 2 is 2.31 bits per heavy atom. The van der Waals surface area contributed by atoms with Crippen molar-refractivity contribution in [3.8, 4) is 0 Å². The lowest BCUT2D eigenvalue weighted by molar-refractivity contribution is -0.0593. The highest BCUT2D eigenvalue weighted by atomic mass is 16.5. The highest BCUT2D eigenvalue weighted by molar-refractivity contribution is 4.84. The molecule has 2 aliphatic rings. The van der Waals surface area contributed by atoms with E-state index >= 15 is 0 Å². The predicted octanol–water partition coefficient (Wildman–Crippen LogP) is 1.82. The molecule has 2 rings (SSSR count). The van der Waals surface area contributed by atoms with E-state index in [1.807, 2.05) is 0 Å². The number of ether oxygens (including phenoxy) is 2. The summed E-state index contributed by atoms with van der Waals surface area (Å²) in [7, 11) is 0. The molecule has 1 heterocycles. The highest BCUT2D eigenvalue weighted by Gasteiger charge is 2.33. The van der Waals surface area contributed by atoms with Crippen LogP contribution in [-0.2, 0) is 9.47 Å². The molecule has 0 amide bonds. The third-order valence-electron chi connectivity index (χ3n) is 3.61. The van der Waals surface area contributed by atoms with Gasteiger partial charge in [0, 0.05) is 25.2 Å². The molecule has 1 saturated heterocycles. The van der Waals surface area contributed by atoms with Gasteiger partial charge in [-0.3, -0.25) is 0 Å². The molecule has 1 atom stereocenters. The van der Waals surface area contributed by atoms with E-state index in [4.69, 9.17) is 9.47 Å². The third kappa shape index (κ3) is 3.72. The van der Waals surface area contributed by atoms with Crippen LogP contribution in [0.3, 0.4) is 0 Å². The molecule has 0 spiro atoms. The summed E-state index contributed by atoms with van der Waals surface area (Å²) in [5.74, 6) is 0.862. The van der Waals surface area contributed by atoms with Gasteiger partial charge < -0.3 is 14.8 Å². The van der Waals surface area contributed by atoms with Crippen LogP contribution in [0.15, 0.2) is 0 Å². The van der Waals surface area contributed by atoms with Crippen molar-refractivity contribution < 1.29 is 9.47 Å². The molecule has 0 aromatic heterocycles. The van der Waals surface area contributed by atoms with Gasteiger partial charge in [-0.2, -0.15) is 0 Å². The van der Waals surface area contributed by atoms with Crippen LogP contribution >= 0.6 is 0 Å². The van der Waals surface area contributed by atoms with Crippen LogP contribution in [0.25, 0.3) is 0 Å². The SMILES string of the molecule is CCNCC1(COCC2CC2)CCCOC1. The summed E-state index contributed by atoms with van der Waals surface area (Å²) < 4.78 is 11.5. The minimum atomic E-state index is 0.239. The summed E-state index contributed by atoms with van der Waals surface area (Å²) in [6, 6.07) is 0. The maximum absolute atomic E-state index is 5.88. The Hall–Kier alpha value is -0.120. The van der Waals surface area contributed by atoms with Crippen LogP contribution in [0, 0.1) is 11.3 Å². The van der Waals surface area contributed by atoms with Gasteiger partial charge in [0.25, 0.3) is 0 Å². The lowest BCUT2D eigenvalue weighted by atomic mass is 9.83. The quantitative estimate of drug-likeness (QED) is 0.719. The summed E-state index contributed by atoms with van der Waals surface area (Å²) in [4.78, 5) is 0. The van der Waals surface area contributed by atoms with Crippen LogP contribution in [0.5, 0.6) is 0 Å². The topological polar surface area (TPSA) is 30.5 Å². The van der Waals surface area contributed by atoms with Gasteiger partial charge in [0.1, 0.15) is 0 Å². The Labute approximate surface area is 98.9 Å². The highest BCUT2D eigenvalue weighted by Crippen LogP contribution is 2.32. The van der Waals surface area contributed by atoms with Crippen molar-refractivity contribution >= 4 is 0 Å². The molecule has 0 aromatic rings. The van der Waals surface area contributed by atoms with E-state index in [2.05, 4.69) is 12.2 Å². The maximum atomic E-state index is 5.88. The number of rotatable bonds is 7. The molecule has 1 aliphatic heterocycles. The molecule has 1 N–H and O–H groups in total. The molecule has 3 nitrogen and oxygen atoms in total. The first-order valence-corrected chi connectivity index (χ1v) is 6.71. The molecule has 0 aromatic carbocycles. The molecular formula is C13H25NO2. The molecule has 1 saturated carbocycles. The van der Waals surface area contributed by atoms with Gasteiger partial charge in [0.05, 0.1) is 13.2 Å². The van der Waals surface area contributed by atoms with Gasteiger partial charge >= 0.3 is 0 Å². The van der Waals surface area contributed by atoms with Crippen molar-refractivity contribution in [2.45, 2.75) is 32.6 Å². The normalized spacial score (nSPS) is 30.6. The number of hydrogen-bond acceptors (Lipinski definition) is 3. The van der Waals surface area contributed by atoms with E-state index in [1.54, 1.807) is 0 Å². The summed E-state index contributed by atoms with van der Waals surface area (Å²) in [5, 5.41) is 3.45. The minimum Gasteiger partial charge on any atom is -0.381 e. The zero-order valence-corrected chi connectivity index (χ0v) is 10.5. The molecular weight excluding hydrogens is 202 g/mol. The van der Waals surface area contributed by atoms with Crippen LogP contribution in [0.2, 0.25) is 0 Å². The third-order valence-corrected chi connectivity index (χ3v) is 3.61. The first kappa shape index (κ1) is 12.3. The molecule has 1 unspecified atom stereocenters. The second kappa shape index (κ2) is 5.99. The Balaban J connectivity index is 1.74.